The number of aliphatic hydroxyl groups excluding tert-OH is 1. The Morgan fingerprint density at radius 1 is 1.13 bits per heavy atom. The van der Waals surface area contributed by atoms with E-state index in [1.807, 2.05) is 30.3 Å². The van der Waals surface area contributed by atoms with Crippen LogP contribution in [0.2, 0.25) is 0 Å². The van der Waals surface area contributed by atoms with Crippen molar-refractivity contribution in [1.29, 1.82) is 0 Å². The number of benzene rings is 1. The first-order chi connectivity index (χ1) is 7.34. The normalized spacial score (nSPS) is 39.3. The third-order valence-corrected chi connectivity index (χ3v) is 2.69. The summed E-state index contributed by atoms with van der Waals surface area (Å²) in [5.41, 5.74) is 0.947. The second-order valence-electron chi connectivity index (χ2n) is 3.75. The van der Waals surface area contributed by atoms with Crippen LogP contribution in [-0.2, 0) is 14.2 Å². The maximum absolute atomic E-state index is 9.53. The maximum atomic E-state index is 9.53. The number of fused-ring (bicyclic) bond motifs is 1. The molecule has 0 saturated carbocycles. The lowest BCUT2D eigenvalue weighted by Crippen LogP contribution is -2.27. The SMILES string of the molecule is OC1CO[C@@H]2OC(c3ccccc3)OC12. The first kappa shape index (κ1) is 9.30. The highest BCUT2D eigenvalue weighted by Gasteiger charge is 2.46. The van der Waals surface area contributed by atoms with Crippen LogP contribution >= 0.6 is 0 Å². The Labute approximate surface area is 87.4 Å². The summed E-state index contributed by atoms with van der Waals surface area (Å²) in [5, 5.41) is 9.53. The van der Waals surface area contributed by atoms with Gasteiger partial charge in [0.15, 0.2) is 12.6 Å². The summed E-state index contributed by atoms with van der Waals surface area (Å²) in [5.74, 6) is 0. The van der Waals surface area contributed by atoms with E-state index in [9.17, 15) is 5.11 Å². The summed E-state index contributed by atoms with van der Waals surface area (Å²) in [4.78, 5) is 0. The van der Waals surface area contributed by atoms with Gasteiger partial charge in [0.25, 0.3) is 0 Å². The predicted molar refractivity (Wildman–Crippen MR) is 50.9 cm³/mol. The largest absolute Gasteiger partial charge is 0.388 e. The topological polar surface area (TPSA) is 47.9 Å². The molecule has 2 aliphatic heterocycles. The van der Waals surface area contributed by atoms with Gasteiger partial charge in [-0.2, -0.15) is 0 Å². The molecule has 3 rings (SSSR count). The molecular weight excluding hydrogens is 196 g/mol. The summed E-state index contributed by atoms with van der Waals surface area (Å²) in [6.45, 7) is 0.289. The van der Waals surface area contributed by atoms with E-state index in [1.54, 1.807) is 0 Å². The Kier molecular flexibility index (Phi) is 2.21. The Balaban J connectivity index is 1.77. The van der Waals surface area contributed by atoms with E-state index in [4.69, 9.17) is 14.2 Å². The van der Waals surface area contributed by atoms with Gasteiger partial charge < -0.3 is 19.3 Å². The Bertz CT molecular complexity index is 340. The van der Waals surface area contributed by atoms with Gasteiger partial charge in [-0.3, -0.25) is 0 Å². The predicted octanol–water partition coefficient (Wildman–Crippen LogP) is 0.818. The molecule has 0 amide bonds. The van der Waals surface area contributed by atoms with Crippen LogP contribution in [0.25, 0.3) is 0 Å². The van der Waals surface area contributed by atoms with Gasteiger partial charge in [-0.1, -0.05) is 30.3 Å². The molecule has 2 fully saturated rings. The van der Waals surface area contributed by atoms with Gasteiger partial charge in [0.1, 0.15) is 12.2 Å². The molecule has 0 aliphatic carbocycles. The van der Waals surface area contributed by atoms with Gasteiger partial charge >= 0.3 is 0 Å². The lowest BCUT2D eigenvalue weighted by molar-refractivity contribution is -0.148. The van der Waals surface area contributed by atoms with Gasteiger partial charge in [-0.05, 0) is 0 Å². The molecule has 0 radical (unpaired) electrons. The third-order valence-electron chi connectivity index (χ3n) is 2.69. The van der Waals surface area contributed by atoms with Gasteiger partial charge in [-0.25, -0.2) is 0 Å². The van der Waals surface area contributed by atoms with Gasteiger partial charge in [-0.15, -0.1) is 0 Å². The van der Waals surface area contributed by atoms with Crippen molar-refractivity contribution in [3.05, 3.63) is 35.9 Å². The molecule has 0 bridgehead atoms. The molecule has 0 aromatic heterocycles. The van der Waals surface area contributed by atoms with E-state index in [0.29, 0.717) is 0 Å². The van der Waals surface area contributed by atoms with Gasteiger partial charge in [0.2, 0.25) is 0 Å². The minimum absolute atomic E-state index is 0.289. The van der Waals surface area contributed by atoms with Crippen molar-refractivity contribution in [1.82, 2.24) is 0 Å². The number of ether oxygens (including phenoxy) is 3. The number of aliphatic hydroxyl groups is 1. The average Bonchev–Trinajstić information content (AvgIpc) is 2.83. The van der Waals surface area contributed by atoms with E-state index in [-0.39, 0.29) is 12.7 Å². The summed E-state index contributed by atoms with van der Waals surface area (Å²) in [6, 6.07) is 9.64. The van der Waals surface area contributed by atoms with Gasteiger partial charge in [0, 0.05) is 5.56 Å². The highest BCUT2D eigenvalue weighted by Crippen LogP contribution is 2.36. The molecule has 2 heterocycles. The smallest absolute Gasteiger partial charge is 0.190 e. The van der Waals surface area contributed by atoms with Crippen LogP contribution in [0.4, 0.5) is 0 Å². The average molecular weight is 208 g/mol. The fourth-order valence-corrected chi connectivity index (χ4v) is 1.90. The van der Waals surface area contributed by atoms with E-state index < -0.39 is 18.7 Å². The van der Waals surface area contributed by atoms with Crippen LogP contribution in [-0.4, -0.2) is 30.2 Å². The highest BCUT2D eigenvalue weighted by atomic mass is 16.8. The van der Waals surface area contributed by atoms with Crippen molar-refractivity contribution < 1.29 is 19.3 Å². The van der Waals surface area contributed by atoms with Crippen LogP contribution in [0, 0.1) is 0 Å². The second-order valence-corrected chi connectivity index (χ2v) is 3.75. The molecule has 4 nitrogen and oxygen atoms in total. The minimum atomic E-state index is -0.580. The Morgan fingerprint density at radius 2 is 1.93 bits per heavy atom. The molecule has 4 atom stereocenters. The number of rotatable bonds is 1. The van der Waals surface area contributed by atoms with Crippen LogP contribution in [0.5, 0.6) is 0 Å². The number of hydrogen-bond donors (Lipinski definition) is 1. The molecule has 80 valence electrons. The molecule has 3 unspecified atom stereocenters. The Morgan fingerprint density at radius 3 is 2.67 bits per heavy atom. The zero-order chi connectivity index (χ0) is 10.3. The second kappa shape index (κ2) is 3.57. The molecule has 1 aromatic rings. The zero-order valence-corrected chi connectivity index (χ0v) is 8.08. The van der Waals surface area contributed by atoms with Crippen LogP contribution in [0.3, 0.4) is 0 Å². The molecular formula is C11H12O4. The van der Waals surface area contributed by atoms with Crippen molar-refractivity contribution >= 4 is 0 Å². The van der Waals surface area contributed by atoms with Crippen LogP contribution in [0.15, 0.2) is 30.3 Å². The first-order valence-electron chi connectivity index (χ1n) is 5.00. The highest BCUT2D eigenvalue weighted by molar-refractivity contribution is 5.16. The lowest BCUT2D eigenvalue weighted by atomic mass is 10.2. The van der Waals surface area contributed by atoms with Gasteiger partial charge in [0.05, 0.1) is 6.61 Å². The third kappa shape index (κ3) is 1.55. The molecule has 0 spiro atoms. The van der Waals surface area contributed by atoms with E-state index in [2.05, 4.69) is 0 Å². The lowest BCUT2D eigenvalue weighted by Gasteiger charge is -2.12. The van der Waals surface area contributed by atoms with Crippen molar-refractivity contribution in [3.63, 3.8) is 0 Å². The van der Waals surface area contributed by atoms with Crippen LogP contribution in [0.1, 0.15) is 11.9 Å². The number of hydrogen-bond acceptors (Lipinski definition) is 4. The maximum Gasteiger partial charge on any atom is 0.190 e. The van der Waals surface area contributed by atoms with E-state index in [1.165, 1.54) is 0 Å². The molecule has 1 aromatic carbocycles. The molecule has 2 aliphatic rings. The molecule has 1 N–H and O–H groups in total. The summed E-state index contributed by atoms with van der Waals surface area (Å²) >= 11 is 0. The van der Waals surface area contributed by atoms with Crippen molar-refractivity contribution in [2.45, 2.75) is 24.8 Å². The van der Waals surface area contributed by atoms with E-state index >= 15 is 0 Å². The quantitative estimate of drug-likeness (QED) is 0.742. The summed E-state index contributed by atoms with van der Waals surface area (Å²) < 4.78 is 16.4. The summed E-state index contributed by atoms with van der Waals surface area (Å²) in [6.07, 6.45) is -1.78. The molecule has 2 saturated heterocycles. The van der Waals surface area contributed by atoms with E-state index in [0.717, 1.165) is 5.56 Å². The summed E-state index contributed by atoms with van der Waals surface area (Å²) in [7, 11) is 0. The standard InChI is InChI=1S/C11H12O4/c12-8-6-13-11-9(8)14-10(15-11)7-4-2-1-3-5-7/h1-5,8-12H,6H2/t8?,9?,10?,11-/m1/s1. The zero-order valence-electron chi connectivity index (χ0n) is 8.08. The molecule has 15 heavy (non-hydrogen) atoms. The van der Waals surface area contributed by atoms with Crippen molar-refractivity contribution in [2.75, 3.05) is 6.61 Å². The monoisotopic (exact) mass is 208 g/mol. The fraction of sp³-hybridized carbons (Fsp3) is 0.455. The fourth-order valence-electron chi connectivity index (χ4n) is 1.90. The van der Waals surface area contributed by atoms with Crippen LogP contribution < -0.4 is 0 Å². The first-order valence-corrected chi connectivity index (χ1v) is 5.00. The Hall–Kier alpha value is -0.940. The minimum Gasteiger partial charge on any atom is -0.388 e. The molecule has 4 heteroatoms. The van der Waals surface area contributed by atoms with Crippen molar-refractivity contribution in [3.8, 4) is 0 Å². The van der Waals surface area contributed by atoms with Crippen molar-refractivity contribution in [2.24, 2.45) is 0 Å².